The SMILES string of the molecule is CO[C@H]1C[C@@H]2CC[C@@H](C)[C@@](O)(O2)C(=O)C(=O)N2CCCC[C@H]2C(=O)O[C@H]([C@H](C)C[C@@H]2CC[C@@H](OCCO)[C@H](OC)C2)CC(=O)[C@H](C)/C=C(\C)[C@@H](O)[C@H](OC)C(=O)[C@H](C)C[C@H](C)/C=C/C=C/C=C/1C. The Morgan fingerprint density at radius 1 is 0.853 bits per heavy atom. The van der Waals surface area contributed by atoms with E-state index in [1.54, 1.807) is 41.1 Å². The number of hydrogen-bond donors (Lipinski definition) is 3. The second kappa shape index (κ2) is 27.3. The first-order valence-electron chi connectivity index (χ1n) is 25.0. The van der Waals surface area contributed by atoms with Crippen molar-refractivity contribution in [3.05, 3.63) is 47.6 Å². The highest BCUT2D eigenvalue weighted by Gasteiger charge is 2.53. The van der Waals surface area contributed by atoms with Crippen molar-refractivity contribution in [3.8, 4) is 0 Å². The van der Waals surface area contributed by atoms with Gasteiger partial charge in [-0.1, -0.05) is 71.1 Å². The monoisotopic (exact) mass is 958 g/mol. The lowest BCUT2D eigenvalue weighted by atomic mass is 9.78. The third kappa shape index (κ3) is 15.3. The van der Waals surface area contributed by atoms with Crippen molar-refractivity contribution in [3.63, 3.8) is 0 Å². The summed E-state index contributed by atoms with van der Waals surface area (Å²) in [5.41, 5.74) is 1.26. The van der Waals surface area contributed by atoms with E-state index < -0.39 is 77.8 Å². The lowest BCUT2D eigenvalue weighted by molar-refractivity contribution is -0.265. The first-order valence-corrected chi connectivity index (χ1v) is 25.0. The molecule has 0 aromatic rings. The van der Waals surface area contributed by atoms with Crippen LogP contribution in [0.5, 0.6) is 0 Å². The number of methoxy groups -OCH3 is 3. The molecule has 0 spiro atoms. The topological polar surface area (TPSA) is 205 Å². The Hall–Kier alpha value is -3.41. The molecule has 384 valence electrons. The fourth-order valence-electron chi connectivity index (χ4n) is 10.5. The molecule has 68 heavy (non-hydrogen) atoms. The van der Waals surface area contributed by atoms with E-state index in [2.05, 4.69) is 0 Å². The molecule has 3 N–H and O–H groups in total. The van der Waals surface area contributed by atoms with Crippen LogP contribution in [0.1, 0.15) is 126 Å². The van der Waals surface area contributed by atoms with E-state index in [1.165, 1.54) is 12.0 Å². The van der Waals surface area contributed by atoms with E-state index in [0.717, 1.165) is 12.0 Å². The summed E-state index contributed by atoms with van der Waals surface area (Å²) in [7, 11) is 4.58. The van der Waals surface area contributed by atoms with Crippen molar-refractivity contribution < 1.29 is 67.7 Å². The van der Waals surface area contributed by atoms with Gasteiger partial charge in [0, 0.05) is 58.5 Å². The van der Waals surface area contributed by atoms with Crippen molar-refractivity contribution >= 4 is 29.2 Å². The minimum Gasteiger partial charge on any atom is -0.460 e. The van der Waals surface area contributed by atoms with Crippen LogP contribution in [0.25, 0.3) is 0 Å². The summed E-state index contributed by atoms with van der Waals surface area (Å²) in [6, 6.07) is -1.14. The third-order valence-electron chi connectivity index (χ3n) is 14.9. The predicted molar refractivity (Wildman–Crippen MR) is 256 cm³/mol. The number of allylic oxidation sites excluding steroid dienone is 6. The molecule has 0 radical (unpaired) electrons. The van der Waals surface area contributed by atoms with Crippen molar-refractivity contribution in [2.24, 2.45) is 35.5 Å². The Labute approximate surface area is 405 Å². The Morgan fingerprint density at radius 2 is 1.59 bits per heavy atom. The highest BCUT2D eigenvalue weighted by Crippen LogP contribution is 2.38. The number of hydrogen-bond acceptors (Lipinski definition) is 14. The zero-order valence-electron chi connectivity index (χ0n) is 42.4. The molecule has 1 amide bonds. The van der Waals surface area contributed by atoms with E-state index >= 15 is 0 Å². The molecule has 4 aliphatic rings. The number of aliphatic hydroxyl groups is 3. The fourth-order valence-corrected chi connectivity index (χ4v) is 10.5. The van der Waals surface area contributed by atoms with Crippen LogP contribution in [0.4, 0.5) is 0 Å². The summed E-state index contributed by atoms with van der Waals surface area (Å²) in [6.45, 7) is 12.9. The molecule has 0 aromatic carbocycles. The van der Waals surface area contributed by atoms with Gasteiger partial charge in [-0.05, 0) is 107 Å². The van der Waals surface area contributed by atoms with Crippen molar-refractivity contribution in [2.45, 2.75) is 180 Å². The number of esters is 1. The smallest absolute Gasteiger partial charge is 0.329 e. The number of rotatable bonds is 9. The lowest BCUT2D eigenvalue weighted by Gasteiger charge is -2.42. The van der Waals surface area contributed by atoms with E-state index in [0.29, 0.717) is 63.4 Å². The Bertz CT molecular complexity index is 1810. The van der Waals surface area contributed by atoms with Gasteiger partial charge in [-0.2, -0.15) is 0 Å². The molecule has 0 aromatic heterocycles. The maximum absolute atomic E-state index is 14.5. The largest absolute Gasteiger partial charge is 0.460 e. The molecular weight excluding hydrogens is 875 g/mol. The molecular formula is C53H83NO14. The molecule has 3 aliphatic heterocycles. The number of fused-ring (bicyclic) bond motifs is 3. The summed E-state index contributed by atoms with van der Waals surface area (Å²) < 4.78 is 35.6. The number of ketones is 3. The van der Waals surface area contributed by atoms with Gasteiger partial charge < -0.3 is 48.6 Å². The van der Waals surface area contributed by atoms with Crippen LogP contribution in [0, 0.1) is 35.5 Å². The molecule has 15 heteroatoms. The van der Waals surface area contributed by atoms with Gasteiger partial charge in [-0.3, -0.25) is 19.2 Å². The van der Waals surface area contributed by atoms with Gasteiger partial charge in [-0.25, -0.2) is 4.79 Å². The van der Waals surface area contributed by atoms with Gasteiger partial charge in [0.2, 0.25) is 5.79 Å². The third-order valence-corrected chi connectivity index (χ3v) is 14.9. The van der Waals surface area contributed by atoms with Crippen LogP contribution >= 0.6 is 0 Å². The summed E-state index contributed by atoms with van der Waals surface area (Å²) in [6.07, 6.45) is 12.0. The van der Waals surface area contributed by atoms with Crippen LogP contribution in [0.3, 0.4) is 0 Å². The van der Waals surface area contributed by atoms with Crippen molar-refractivity contribution in [1.29, 1.82) is 0 Å². The van der Waals surface area contributed by atoms with Crippen molar-refractivity contribution in [1.82, 2.24) is 4.90 Å². The second-order valence-electron chi connectivity index (χ2n) is 20.2. The van der Waals surface area contributed by atoms with Crippen LogP contribution in [-0.2, 0) is 52.4 Å². The second-order valence-corrected chi connectivity index (χ2v) is 20.2. The molecule has 15 atom stereocenters. The minimum absolute atomic E-state index is 0.0158. The number of carbonyl (C=O) groups is 5. The highest BCUT2D eigenvalue weighted by atomic mass is 16.6. The molecule has 3 fully saturated rings. The maximum Gasteiger partial charge on any atom is 0.329 e. The zero-order chi connectivity index (χ0) is 50.3. The Morgan fingerprint density at radius 3 is 2.26 bits per heavy atom. The quantitative estimate of drug-likeness (QED) is 0.134. The minimum atomic E-state index is -2.43. The predicted octanol–water partition coefficient (Wildman–Crippen LogP) is 6.20. The van der Waals surface area contributed by atoms with Gasteiger partial charge in [0.05, 0.1) is 37.6 Å². The molecule has 2 saturated heterocycles. The van der Waals surface area contributed by atoms with Crippen LogP contribution in [-0.4, -0.2) is 145 Å². The number of ether oxygens (including phenoxy) is 6. The molecule has 4 rings (SSSR count). The standard InChI is InChI=1S/C53H83NO14/c1-32-16-12-11-13-17-33(2)44(63-8)30-40-21-19-38(7)53(62,68-40)50(59)51(60)54-23-15-14-18-41(54)52(61)67-45(35(4)28-39-20-22-43(66-25-24-55)46(29-39)64-9)31-42(56)34(3)27-37(6)48(58)49(65-10)47(57)36(5)26-32/h11-13,16-17,27,32,34-36,38-41,43-46,48-49,55,58,62H,14-15,18-26,28-31H2,1-10H3/b13-11+,16-12+,33-17+,37-27+/t32-,34-,35-,36-,38-,39+,40+,41+,43-,44+,45+,46-,48-,49-,53-/m1/s1. The molecule has 2 bridgehead atoms. The lowest BCUT2D eigenvalue weighted by Crippen LogP contribution is -2.61. The number of cyclic esters (lactones) is 1. The molecule has 3 heterocycles. The molecule has 0 unspecified atom stereocenters. The molecule has 15 nitrogen and oxygen atoms in total. The first-order chi connectivity index (χ1) is 32.3. The number of amides is 1. The number of piperidine rings is 1. The zero-order valence-corrected chi connectivity index (χ0v) is 42.4. The Kier molecular flexibility index (Phi) is 22.9. The summed E-state index contributed by atoms with van der Waals surface area (Å²) in [5, 5.41) is 32.8. The van der Waals surface area contributed by atoms with E-state index in [4.69, 9.17) is 28.4 Å². The summed E-state index contributed by atoms with van der Waals surface area (Å²) >= 11 is 0. The van der Waals surface area contributed by atoms with E-state index in [9.17, 15) is 39.3 Å². The van der Waals surface area contributed by atoms with Crippen LogP contribution in [0.15, 0.2) is 47.6 Å². The van der Waals surface area contributed by atoms with Gasteiger partial charge >= 0.3 is 5.97 Å². The molecule has 1 aliphatic carbocycles. The first kappa shape index (κ1) is 57.2. The Balaban J connectivity index is 1.70. The average Bonchev–Trinajstić information content (AvgIpc) is 3.32. The number of Topliss-reactive ketones (excluding diaryl/α,β-unsaturated/α-hetero) is 3. The van der Waals surface area contributed by atoms with E-state index in [1.807, 2.05) is 58.1 Å². The van der Waals surface area contributed by atoms with E-state index in [-0.39, 0.29) is 74.1 Å². The van der Waals surface area contributed by atoms with Gasteiger partial charge in [0.1, 0.15) is 30.1 Å². The number of carbonyl (C=O) groups excluding carboxylic acids is 5. The van der Waals surface area contributed by atoms with Gasteiger partial charge in [-0.15, -0.1) is 0 Å². The van der Waals surface area contributed by atoms with Crippen LogP contribution < -0.4 is 0 Å². The molecule has 1 saturated carbocycles. The average molecular weight is 958 g/mol. The fraction of sp³-hybridized carbons (Fsp3) is 0.755. The van der Waals surface area contributed by atoms with Crippen LogP contribution in [0.2, 0.25) is 0 Å². The summed E-state index contributed by atoms with van der Waals surface area (Å²) in [4.78, 5) is 72.1. The van der Waals surface area contributed by atoms with Crippen molar-refractivity contribution in [2.75, 3.05) is 41.1 Å². The van der Waals surface area contributed by atoms with Gasteiger partial charge in [0.15, 0.2) is 5.78 Å². The van der Waals surface area contributed by atoms with Gasteiger partial charge in [0.25, 0.3) is 11.7 Å². The maximum atomic E-state index is 14.5. The number of nitrogens with zero attached hydrogens (tertiary/aromatic N) is 1. The normalized spacial score (nSPS) is 39.2. The number of aliphatic hydroxyl groups excluding tert-OH is 2. The summed E-state index contributed by atoms with van der Waals surface area (Å²) in [5.74, 6) is -7.96. The highest BCUT2D eigenvalue weighted by molar-refractivity contribution is 6.39.